The fraction of sp³-hybridized carbons (Fsp3) is 0.867. The normalized spacial score (nSPS) is 12.8. The zero-order valence-electron chi connectivity index (χ0n) is 44.2. The standard InChI is InChI=1S/C60H113NO5/c1-3-5-7-9-11-13-15-17-19-20-21-22-26-30-34-38-42-46-50-54-60(65)66-55-51-47-43-39-35-31-27-23-25-29-33-37-41-45-49-53-59(64)61-57(56-62)58(63)52-48-44-40-36-32-28-24-18-16-14-12-10-8-6-4-2/h23,27,31,35,48,52,57-58,62-63H,3-22,24-26,28-30,32-34,36-47,49-51,53-56H2,1-2H3,(H,61,64)/b27-23-,35-31-,52-48+. The van der Waals surface area contributed by atoms with Crippen molar-refractivity contribution in [2.45, 2.75) is 321 Å². The van der Waals surface area contributed by atoms with Crippen LogP contribution in [-0.4, -0.2) is 47.4 Å². The van der Waals surface area contributed by atoms with Gasteiger partial charge < -0.3 is 20.3 Å². The van der Waals surface area contributed by atoms with E-state index >= 15 is 0 Å². The summed E-state index contributed by atoms with van der Waals surface area (Å²) in [5.74, 6) is -0.108. The van der Waals surface area contributed by atoms with Crippen molar-refractivity contribution in [3.05, 3.63) is 36.5 Å². The summed E-state index contributed by atoms with van der Waals surface area (Å²) in [4.78, 5) is 24.5. The smallest absolute Gasteiger partial charge is 0.305 e. The molecule has 6 nitrogen and oxygen atoms in total. The van der Waals surface area contributed by atoms with Gasteiger partial charge >= 0.3 is 5.97 Å². The van der Waals surface area contributed by atoms with Gasteiger partial charge in [0.25, 0.3) is 0 Å². The molecule has 0 aliphatic carbocycles. The van der Waals surface area contributed by atoms with Crippen LogP contribution in [0.1, 0.15) is 309 Å². The van der Waals surface area contributed by atoms with Gasteiger partial charge in [-0.05, 0) is 64.2 Å². The van der Waals surface area contributed by atoms with Crippen molar-refractivity contribution < 1.29 is 24.5 Å². The summed E-state index contributed by atoms with van der Waals surface area (Å²) in [5.41, 5.74) is 0. The summed E-state index contributed by atoms with van der Waals surface area (Å²) in [5, 5.41) is 23.1. The number of unbranched alkanes of at least 4 members (excludes halogenated alkanes) is 40. The largest absolute Gasteiger partial charge is 0.466 e. The molecule has 66 heavy (non-hydrogen) atoms. The molecule has 388 valence electrons. The Morgan fingerprint density at radius 1 is 0.424 bits per heavy atom. The summed E-state index contributed by atoms with van der Waals surface area (Å²) in [6.07, 6.45) is 68.8. The first-order valence-corrected chi connectivity index (χ1v) is 29.3. The van der Waals surface area contributed by atoms with Crippen LogP contribution in [0.15, 0.2) is 36.5 Å². The molecule has 0 saturated carbocycles. The van der Waals surface area contributed by atoms with E-state index in [1.54, 1.807) is 6.08 Å². The van der Waals surface area contributed by atoms with Crippen LogP contribution in [-0.2, 0) is 14.3 Å². The number of aliphatic hydroxyl groups is 2. The molecule has 2 unspecified atom stereocenters. The second kappa shape index (κ2) is 55.7. The van der Waals surface area contributed by atoms with E-state index in [1.165, 1.54) is 205 Å². The number of ether oxygens (including phenoxy) is 1. The Bertz CT molecular complexity index is 1070. The van der Waals surface area contributed by atoms with Gasteiger partial charge in [0.2, 0.25) is 5.91 Å². The number of allylic oxidation sites excluding steroid dienone is 5. The zero-order valence-corrected chi connectivity index (χ0v) is 44.2. The van der Waals surface area contributed by atoms with Gasteiger partial charge in [0, 0.05) is 12.8 Å². The van der Waals surface area contributed by atoms with Gasteiger partial charge in [-0.25, -0.2) is 0 Å². The van der Waals surface area contributed by atoms with Crippen LogP contribution in [0.5, 0.6) is 0 Å². The SMILES string of the molecule is CCCCCCCCCCCCCCC/C=C/C(O)C(CO)NC(=O)CCCCCCCC/C=C\C=C/CCCCCOC(=O)CCCCCCCCCCCCCCCCCCCCC. The molecule has 0 aromatic heterocycles. The maximum absolute atomic E-state index is 12.4. The van der Waals surface area contributed by atoms with E-state index in [-0.39, 0.29) is 18.5 Å². The molecule has 0 saturated heterocycles. The summed E-state index contributed by atoms with van der Waals surface area (Å²) < 4.78 is 5.46. The number of carbonyl (C=O) groups is 2. The van der Waals surface area contributed by atoms with E-state index in [2.05, 4.69) is 43.5 Å². The molecule has 2 atom stereocenters. The van der Waals surface area contributed by atoms with Crippen molar-refractivity contribution in [3.8, 4) is 0 Å². The molecule has 0 radical (unpaired) electrons. The van der Waals surface area contributed by atoms with E-state index in [0.29, 0.717) is 19.4 Å². The molecule has 0 aromatic carbocycles. The van der Waals surface area contributed by atoms with E-state index < -0.39 is 12.1 Å². The Balaban J connectivity index is 3.51. The summed E-state index contributed by atoms with van der Waals surface area (Å²) in [7, 11) is 0. The highest BCUT2D eigenvalue weighted by Crippen LogP contribution is 2.17. The number of hydrogen-bond acceptors (Lipinski definition) is 5. The highest BCUT2D eigenvalue weighted by atomic mass is 16.5. The number of esters is 1. The number of carbonyl (C=O) groups excluding carboxylic acids is 2. The summed E-state index contributed by atoms with van der Waals surface area (Å²) in [6, 6.07) is -0.644. The van der Waals surface area contributed by atoms with Crippen molar-refractivity contribution in [1.82, 2.24) is 5.32 Å². The molecule has 6 heteroatoms. The first-order valence-electron chi connectivity index (χ1n) is 29.3. The first-order chi connectivity index (χ1) is 32.5. The highest BCUT2D eigenvalue weighted by Gasteiger charge is 2.18. The molecule has 0 bridgehead atoms. The van der Waals surface area contributed by atoms with Crippen LogP contribution in [0.3, 0.4) is 0 Å². The summed E-state index contributed by atoms with van der Waals surface area (Å²) >= 11 is 0. The fourth-order valence-corrected chi connectivity index (χ4v) is 8.92. The molecule has 0 aliphatic rings. The van der Waals surface area contributed by atoms with E-state index in [4.69, 9.17) is 4.74 Å². The molecule has 0 heterocycles. The van der Waals surface area contributed by atoms with Crippen LogP contribution < -0.4 is 5.32 Å². The molecule has 0 spiro atoms. The lowest BCUT2D eigenvalue weighted by Gasteiger charge is -2.20. The number of hydrogen-bond donors (Lipinski definition) is 3. The maximum Gasteiger partial charge on any atom is 0.305 e. The third-order valence-electron chi connectivity index (χ3n) is 13.4. The van der Waals surface area contributed by atoms with Gasteiger partial charge in [-0.2, -0.15) is 0 Å². The molecule has 0 rings (SSSR count). The number of nitrogens with one attached hydrogen (secondary N) is 1. The summed E-state index contributed by atoms with van der Waals surface area (Å²) in [6.45, 7) is 4.86. The first kappa shape index (κ1) is 64.1. The van der Waals surface area contributed by atoms with Crippen molar-refractivity contribution >= 4 is 11.9 Å². The zero-order chi connectivity index (χ0) is 47.9. The number of rotatable bonds is 54. The van der Waals surface area contributed by atoms with Gasteiger partial charge in [-0.15, -0.1) is 0 Å². The van der Waals surface area contributed by atoms with E-state index in [1.807, 2.05) is 6.08 Å². The number of aliphatic hydroxyl groups excluding tert-OH is 2. The highest BCUT2D eigenvalue weighted by molar-refractivity contribution is 5.76. The van der Waals surface area contributed by atoms with Gasteiger partial charge in [0.15, 0.2) is 0 Å². The van der Waals surface area contributed by atoms with Crippen LogP contribution in [0.25, 0.3) is 0 Å². The predicted molar refractivity (Wildman–Crippen MR) is 287 cm³/mol. The van der Waals surface area contributed by atoms with Crippen molar-refractivity contribution in [2.75, 3.05) is 13.2 Å². The molecule has 1 amide bonds. The molecular weight excluding hydrogens is 815 g/mol. The van der Waals surface area contributed by atoms with Gasteiger partial charge in [0.05, 0.1) is 25.4 Å². The van der Waals surface area contributed by atoms with Gasteiger partial charge in [-0.3, -0.25) is 9.59 Å². The van der Waals surface area contributed by atoms with Crippen LogP contribution in [0, 0.1) is 0 Å². The molecule has 0 fully saturated rings. The molecular formula is C60H113NO5. The van der Waals surface area contributed by atoms with Crippen LogP contribution in [0.4, 0.5) is 0 Å². The van der Waals surface area contributed by atoms with Crippen LogP contribution >= 0.6 is 0 Å². The monoisotopic (exact) mass is 928 g/mol. The third-order valence-corrected chi connectivity index (χ3v) is 13.4. The molecule has 0 aliphatic heterocycles. The quantitative estimate of drug-likeness (QED) is 0.0244. The minimum Gasteiger partial charge on any atom is -0.466 e. The predicted octanol–water partition coefficient (Wildman–Crippen LogP) is 18.0. The Morgan fingerprint density at radius 3 is 1.12 bits per heavy atom. The molecule has 0 aromatic rings. The maximum atomic E-state index is 12.4. The van der Waals surface area contributed by atoms with Crippen LogP contribution in [0.2, 0.25) is 0 Å². The van der Waals surface area contributed by atoms with Gasteiger partial charge in [-0.1, -0.05) is 269 Å². The lowest BCUT2D eigenvalue weighted by Crippen LogP contribution is -2.45. The van der Waals surface area contributed by atoms with Crippen molar-refractivity contribution in [3.63, 3.8) is 0 Å². The fourth-order valence-electron chi connectivity index (χ4n) is 8.92. The van der Waals surface area contributed by atoms with Crippen molar-refractivity contribution in [2.24, 2.45) is 0 Å². The average molecular weight is 929 g/mol. The minimum absolute atomic E-state index is 0.0182. The van der Waals surface area contributed by atoms with E-state index in [9.17, 15) is 19.8 Å². The minimum atomic E-state index is -0.859. The average Bonchev–Trinajstić information content (AvgIpc) is 3.32. The second-order valence-electron chi connectivity index (χ2n) is 20.0. The Hall–Kier alpha value is -1.92. The Morgan fingerprint density at radius 2 is 0.742 bits per heavy atom. The lowest BCUT2D eigenvalue weighted by molar-refractivity contribution is -0.143. The lowest BCUT2D eigenvalue weighted by atomic mass is 10.0. The van der Waals surface area contributed by atoms with Crippen molar-refractivity contribution in [1.29, 1.82) is 0 Å². The second-order valence-corrected chi connectivity index (χ2v) is 20.0. The van der Waals surface area contributed by atoms with E-state index in [0.717, 1.165) is 77.0 Å². The Labute approximate surface area is 411 Å². The third kappa shape index (κ3) is 51.5. The Kier molecular flexibility index (Phi) is 54.1. The molecule has 3 N–H and O–H groups in total. The number of amides is 1. The topological polar surface area (TPSA) is 95.9 Å². The van der Waals surface area contributed by atoms with Gasteiger partial charge in [0.1, 0.15) is 0 Å².